The molecular weight excluding hydrogens is 989 g/mol. The lowest BCUT2D eigenvalue weighted by Crippen LogP contribution is -2.13. The van der Waals surface area contributed by atoms with E-state index in [1.807, 2.05) is 24.3 Å². The van der Waals surface area contributed by atoms with Crippen molar-refractivity contribution in [2.24, 2.45) is 0 Å². The van der Waals surface area contributed by atoms with Gasteiger partial charge in [0.05, 0.1) is 11.4 Å². The molecule has 0 unspecified atom stereocenters. The van der Waals surface area contributed by atoms with Gasteiger partial charge in [-0.05, 0) is 118 Å². The van der Waals surface area contributed by atoms with Crippen LogP contribution in [0.25, 0.3) is 110 Å². The van der Waals surface area contributed by atoms with E-state index in [1.165, 1.54) is 11.1 Å². The number of anilines is 6. The second kappa shape index (κ2) is 18.9. The van der Waals surface area contributed by atoms with Crippen LogP contribution in [0.4, 0.5) is 34.1 Å². The normalized spacial score (nSPS) is 11.8. The number of benzene rings is 13. The molecule has 15 aromatic rings. The van der Waals surface area contributed by atoms with Crippen LogP contribution in [0.1, 0.15) is 0 Å². The summed E-state index contributed by atoms with van der Waals surface area (Å²) in [7, 11) is 0. The molecule has 3 heterocycles. The molecule has 0 N–H and O–H groups in total. The molecule has 5 heteroatoms. The van der Waals surface area contributed by atoms with Gasteiger partial charge in [-0.3, -0.25) is 0 Å². The van der Waals surface area contributed by atoms with E-state index in [-0.39, 0.29) is 0 Å². The van der Waals surface area contributed by atoms with Crippen molar-refractivity contribution in [1.29, 1.82) is 0 Å². The average Bonchev–Trinajstić information content (AvgIpc) is 4.28. The molecule has 0 spiro atoms. The van der Waals surface area contributed by atoms with Crippen LogP contribution >= 0.6 is 0 Å². The average molecular weight is 1040 g/mol. The van der Waals surface area contributed by atoms with E-state index in [4.69, 9.17) is 13.6 Å². The first-order valence-corrected chi connectivity index (χ1v) is 27.5. The lowest BCUT2D eigenvalue weighted by Gasteiger charge is -2.32. The van der Waals surface area contributed by atoms with Gasteiger partial charge >= 0.3 is 0 Å². The van der Waals surface area contributed by atoms with Crippen LogP contribution in [0.3, 0.4) is 0 Å². The second-order valence-corrected chi connectivity index (χ2v) is 20.7. The Morgan fingerprint density at radius 1 is 0.235 bits per heavy atom. The third kappa shape index (κ3) is 7.78. The molecule has 5 nitrogen and oxygen atoms in total. The Labute approximate surface area is 468 Å². The molecular formula is C76H48N2O3. The van der Waals surface area contributed by atoms with Crippen molar-refractivity contribution >= 4 is 88.8 Å². The van der Waals surface area contributed by atoms with E-state index in [2.05, 4.69) is 277 Å². The van der Waals surface area contributed by atoms with E-state index in [9.17, 15) is 0 Å². The maximum atomic E-state index is 7.32. The van der Waals surface area contributed by atoms with Crippen LogP contribution in [0, 0.1) is 0 Å². The predicted octanol–water partition coefficient (Wildman–Crippen LogP) is 22.0. The molecule has 0 aliphatic carbocycles. The van der Waals surface area contributed by atoms with Gasteiger partial charge in [0.25, 0.3) is 0 Å². The van der Waals surface area contributed by atoms with E-state index in [1.54, 1.807) is 0 Å². The lowest BCUT2D eigenvalue weighted by atomic mass is 9.92. The third-order valence-corrected chi connectivity index (χ3v) is 16.1. The van der Waals surface area contributed by atoms with Gasteiger partial charge in [-0.25, -0.2) is 0 Å². The summed E-state index contributed by atoms with van der Waals surface area (Å²) in [6.07, 6.45) is 0. The van der Waals surface area contributed by atoms with Crippen LogP contribution in [0.15, 0.2) is 300 Å². The highest BCUT2D eigenvalue weighted by atomic mass is 16.5. The smallest absolute Gasteiger partial charge is 0.159 e. The van der Waals surface area contributed by atoms with E-state index >= 15 is 0 Å². The molecule has 380 valence electrons. The summed E-state index contributed by atoms with van der Waals surface area (Å²) < 4.78 is 20.3. The highest BCUT2D eigenvalue weighted by Crippen LogP contribution is 2.55. The van der Waals surface area contributed by atoms with Crippen LogP contribution in [-0.2, 0) is 0 Å². The molecule has 16 rings (SSSR count). The molecule has 0 saturated carbocycles. The molecule has 1 aliphatic rings. The third-order valence-electron chi connectivity index (χ3n) is 16.1. The van der Waals surface area contributed by atoms with Crippen LogP contribution in [0.5, 0.6) is 11.5 Å². The summed E-state index contributed by atoms with van der Waals surface area (Å²) in [5, 5.41) is 6.59. The van der Waals surface area contributed by atoms with Crippen LogP contribution in [0.2, 0.25) is 0 Å². The van der Waals surface area contributed by atoms with Gasteiger partial charge in [0.1, 0.15) is 28.1 Å². The van der Waals surface area contributed by atoms with Crippen molar-refractivity contribution < 1.29 is 13.6 Å². The molecule has 0 radical (unpaired) electrons. The fourth-order valence-corrected chi connectivity index (χ4v) is 12.2. The maximum absolute atomic E-state index is 7.32. The van der Waals surface area contributed by atoms with Gasteiger partial charge in [-0.15, -0.1) is 0 Å². The lowest BCUT2D eigenvalue weighted by molar-refractivity contribution is 0.488. The number of ether oxygens (including phenoxy) is 1. The van der Waals surface area contributed by atoms with Gasteiger partial charge in [-0.1, -0.05) is 212 Å². The molecule has 81 heavy (non-hydrogen) atoms. The zero-order valence-corrected chi connectivity index (χ0v) is 43.8. The fourth-order valence-electron chi connectivity index (χ4n) is 12.2. The molecule has 13 aromatic carbocycles. The van der Waals surface area contributed by atoms with Crippen molar-refractivity contribution in [2.45, 2.75) is 0 Å². The number of nitrogens with zero attached hydrogens (tertiary/aromatic N) is 2. The second-order valence-electron chi connectivity index (χ2n) is 20.7. The first-order valence-electron chi connectivity index (χ1n) is 27.5. The van der Waals surface area contributed by atoms with Gasteiger partial charge in [0.2, 0.25) is 0 Å². The Balaban J connectivity index is 0.818. The topological polar surface area (TPSA) is 42.0 Å². The largest absolute Gasteiger partial charge is 0.455 e. The molecule has 0 atom stereocenters. The molecule has 0 amide bonds. The predicted molar refractivity (Wildman–Crippen MR) is 335 cm³/mol. The minimum absolute atomic E-state index is 0.789. The Bertz CT molecular complexity index is 4870. The van der Waals surface area contributed by atoms with Crippen LogP contribution in [-0.4, -0.2) is 0 Å². The number of fused-ring (bicyclic) bond motifs is 8. The highest BCUT2D eigenvalue weighted by Gasteiger charge is 2.29. The quantitative estimate of drug-likeness (QED) is 0.137. The summed E-state index contributed by atoms with van der Waals surface area (Å²) >= 11 is 0. The minimum Gasteiger partial charge on any atom is -0.455 e. The number of hydrogen-bond acceptors (Lipinski definition) is 5. The SMILES string of the molecule is c1ccc(-c2ccc(N(c3ccc(-c4cccc5c4oc4ccccc45)cc3)c3cccc4c3Oc3ccc(N(c5ccc(-c6ccccc6)cc5)c5ccc(-c6cccc7c6oc6ccccc67)cc5)c5cccc-4c35)cc2)cc1. The highest BCUT2D eigenvalue weighted by molar-refractivity contribution is 6.13. The van der Waals surface area contributed by atoms with E-state index < -0.39 is 0 Å². The zero-order chi connectivity index (χ0) is 53.4. The molecule has 0 bridgehead atoms. The van der Waals surface area contributed by atoms with Gasteiger partial charge in [0.15, 0.2) is 5.75 Å². The van der Waals surface area contributed by atoms with E-state index in [0.29, 0.717) is 0 Å². The number of furan rings is 2. The standard InChI is InChI=1S/C76H48N2O3/c1-3-15-49(16-4-1)51-31-39-55(40-32-51)77(56-43-35-53(36-44-56)59-21-11-24-64-61-19-7-9-29-70(61)79-74(59)64)68-47-48-72-73-63(23-13-27-67(68)73)66-26-14-28-69(76(66)81-72)78(57-41-33-52(34-42-57)50-17-5-2-6-18-50)58-45-37-54(38-46-58)60-22-12-25-65-62-20-8-10-30-71(62)80-75(60)65/h1-48H. The van der Waals surface area contributed by atoms with Gasteiger partial charge < -0.3 is 23.4 Å². The summed E-state index contributed by atoms with van der Waals surface area (Å²) in [5.74, 6) is 1.59. The summed E-state index contributed by atoms with van der Waals surface area (Å²) in [4.78, 5) is 4.69. The maximum Gasteiger partial charge on any atom is 0.159 e. The Morgan fingerprint density at radius 2 is 0.617 bits per heavy atom. The molecule has 1 aliphatic heterocycles. The number of rotatable bonds is 10. The summed E-state index contributed by atoms with van der Waals surface area (Å²) in [6, 6.07) is 103. The van der Waals surface area contributed by atoms with E-state index in [0.717, 1.165) is 145 Å². The molecule has 0 fully saturated rings. The molecule has 0 saturated heterocycles. The number of hydrogen-bond donors (Lipinski definition) is 0. The first kappa shape index (κ1) is 46.2. The Kier molecular flexibility index (Phi) is 10.8. The number of para-hydroxylation sites is 5. The van der Waals surface area contributed by atoms with Crippen LogP contribution < -0.4 is 14.5 Å². The van der Waals surface area contributed by atoms with Crippen molar-refractivity contribution in [2.75, 3.05) is 9.80 Å². The van der Waals surface area contributed by atoms with Crippen molar-refractivity contribution in [3.8, 4) is 67.1 Å². The monoisotopic (exact) mass is 1040 g/mol. The van der Waals surface area contributed by atoms with Crippen molar-refractivity contribution in [3.05, 3.63) is 291 Å². The Morgan fingerprint density at radius 3 is 1.12 bits per heavy atom. The van der Waals surface area contributed by atoms with Crippen molar-refractivity contribution in [3.63, 3.8) is 0 Å². The Hall–Kier alpha value is -10.9. The molecule has 2 aromatic heterocycles. The first-order chi connectivity index (χ1) is 40.2. The van der Waals surface area contributed by atoms with Gasteiger partial charge in [0, 0.05) is 71.8 Å². The summed E-state index contributed by atoms with van der Waals surface area (Å²) in [5.41, 5.74) is 20.6. The zero-order valence-electron chi connectivity index (χ0n) is 43.8. The minimum atomic E-state index is 0.789. The fraction of sp³-hybridized carbons (Fsp3) is 0. The van der Waals surface area contributed by atoms with Crippen molar-refractivity contribution in [1.82, 2.24) is 0 Å². The van der Waals surface area contributed by atoms with Gasteiger partial charge in [-0.2, -0.15) is 0 Å². The summed E-state index contributed by atoms with van der Waals surface area (Å²) in [6.45, 7) is 0.